The first-order chi connectivity index (χ1) is 20.6. The van der Waals surface area contributed by atoms with Gasteiger partial charge in [-0.1, -0.05) is 66.5 Å². The molecule has 4 atom stereocenters. The highest BCUT2D eigenvalue weighted by atomic mass is 35.5. The number of nitrogens with one attached hydrogen (secondary N) is 1. The lowest BCUT2D eigenvalue weighted by Gasteiger charge is -2.48. The molecule has 11 heteroatoms. The van der Waals surface area contributed by atoms with Gasteiger partial charge in [-0.15, -0.1) is 0 Å². The predicted molar refractivity (Wildman–Crippen MR) is 165 cm³/mol. The van der Waals surface area contributed by atoms with E-state index in [4.69, 9.17) is 27.9 Å². The van der Waals surface area contributed by atoms with E-state index in [0.29, 0.717) is 29.3 Å². The van der Waals surface area contributed by atoms with Crippen molar-refractivity contribution in [3.8, 4) is 0 Å². The highest BCUT2D eigenvalue weighted by Crippen LogP contribution is 2.52. The molecule has 1 heterocycles. The standard InChI is InChI=1S/C32H33Cl2FN2O5S/c1-2-25(20-32(16-17-32)43(40,41)36-27-10-4-3-9-26(27)35)37-29(21-12-14-23(33)15-13-21)30(22-7-5-8-24(34)19-22)42-28(31(37)39)11-6-18-38/h3-5,7-10,12-15,18-19,25,28-30,36H,2,6,11,16-17,20H2,1H3/t25-,28+,29+,30+/m0/s1. The van der Waals surface area contributed by atoms with Crippen LogP contribution >= 0.6 is 23.2 Å². The first-order valence-corrected chi connectivity index (χ1v) is 16.5. The van der Waals surface area contributed by atoms with Crippen LogP contribution in [0, 0.1) is 5.82 Å². The summed E-state index contributed by atoms with van der Waals surface area (Å²) in [4.78, 5) is 27.3. The number of carbonyl (C=O) groups is 2. The number of morpholine rings is 1. The minimum atomic E-state index is -4.01. The average molecular weight is 648 g/mol. The Labute approximate surface area is 261 Å². The lowest BCUT2D eigenvalue weighted by molar-refractivity contribution is -0.180. The summed E-state index contributed by atoms with van der Waals surface area (Å²) in [5.74, 6) is -0.982. The summed E-state index contributed by atoms with van der Waals surface area (Å²) >= 11 is 12.6. The van der Waals surface area contributed by atoms with Gasteiger partial charge in [0.25, 0.3) is 5.91 Å². The quantitative estimate of drug-likeness (QED) is 0.209. The summed E-state index contributed by atoms with van der Waals surface area (Å²) in [5.41, 5.74) is 1.39. The molecule has 3 aromatic carbocycles. The zero-order chi connectivity index (χ0) is 30.8. The topological polar surface area (TPSA) is 92.8 Å². The molecule has 1 aliphatic carbocycles. The van der Waals surface area contributed by atoms with Crippen LogP contribution in [-0.4, -0.2) is 42.4 Å². The molecule has 0 bridgehead atoms. The number of carbonyl (C=O) groups excluding carboxylic acids is 2. The van der Waals surface area contributed by atoms with Crippen molar-refractivity contribution in [2.45, 2.75) is 74.5 Å². The molecule has 1 amide bonds. The molecular formula is C32H33Cl2FN2O5S. The van der Waals surface area contributed by atoms with Crippen LogP contribution in [0.15, 0.2) is 72.8 Å². The van der Waals surface area contributed by atoms with E-state index in [1.54, 1.807) is 41.3 Å². The zero-order valence-corrected chi connectivity index (χ0v) is 25.9. The molecule has 1 N–H and O–H groups in total. The molecule has 1 saturated heterocycles. The maximum Gasteiger partial charge on any atom is 0.252 e. The third-order valence-electron chi connectivity index (χ3n) is 8.33. The molecule has 7 nitrogen and oxygen atoms in total. The monoisotopic (exact) mass is 646 g/mol. The number of ether oxygens (including phenoxy) is 1. The summed E-state index contributed by atoms with van der Waals surface area (Å²) in [5, 5.41) is 1.02. The Bertz CT molecular complexity index is 1580. The smallest absolute Gasteiger partial charge is 0.252 e. The molecule has 228 valence electrons. The van der Waals surface area contributed by atoms with Crippen molar-refractivity contribution < 1.29 is 27.1 Å². The Morgan fingerprint density at radius 2 is 1.77 bits per heavy atom. The fraction of sp³-hybridized carbons (Fsp3) is 0.375. The fourth-order valence-electron chi connectivity index (χ4n) is 5.90. The van der Waals surface area contributed by atoms with Gasteiger partial charge < -0.3 is 14.4 Å². The van der Waals surface area contributed by atoms with Crippen molar-refractivity contribution in [3.05, 3.63) is 99.8 Å². The number of benzene rings is 3. The summed E-state index contributed by atoms with van der Waals surface area (Å²) in [6.45, 7) is 1.91. The van der Waals surface area contributed by atoms with E-state index >= 15 is 0 Å². The van der Waals surface area contributed by atoms with Gasteiger partial charge in [-0.05, 0) is 79.6 Å². The number of anilines is 1. The molecule has 0 unspecified atom stereocenters. The Balaban J connectivity index is 1.56. The van der Waals surface area contributed by atoms with E-state index in [2.05, 4.69) is 4.72 Å². The number of nitrogens with zero attached hydrogens (tertiary/aromatic N) is 1. The van der Waals surface area contributed by atoms with Crippen LogP contribution in [0.25, 0.3) is 0 Å². The number of aldehydes is 1. The Kier molecular flexibility index (Phi) is 9.46. The van der Waals surface area contributed by atoms with Crippen LogP contribution in [-0.2, 0) is 24.3 Å². The molecule has 2 aliphatic rings. The maximum absolute atomic E-state index is 14.4. The molecule has 0 aromatic heterocycles. The van der Waals surface area contributed by atoms with Crippen LogP contribution in [0.5, 0.6) is 0 Å². The third-order valence-corrected chi connectivity index (χ3v) is 11.0. The molecule has 1 aliphatic heterocycles. The van der Waals surface area contributed by atoms with E-state index in [-0.39, 0.29) is 30.9 Å². The summed E-state index contributed by atoms with van der Waals surface area (Å²) < 4.78 is 49.5. The van der Waals surface area contributed by atoms with E-state index in [0.717, 1.165) is 17.4 Å². The highest BCUT2D eigenvalue weighted by Gasteiger charge is 2.57. The van der Waals surface area contributed by atoms with E-state index in [9.17, 15) is 22.4 Å². The number of hydrogen-bond acceptors (Lipinski definition) is 5. The van der Waals surface area contributed by atoms with Gasteiger partial charge in [0.2, 0.25) is 10.0 Å². The lowest BCUT2D eigenvalue weighted by Crippen LogP contribution is -2.56. The number of halogens is 3. The van der Waals surface area contributed by atoms with E-state index in [1.165, 1.54) is 18.2 Å². The lowest BCUT2D eigenvalue weighted by atomic mass is 9.88. The van der Waals surface area contributed by atoms with Gasteiger partial charge in [-0.25, -0.2) is 12.8 Å². The summed E-state index contributed by atoms with van der Waals surface area (Å²) in [6.07, 6.45) is 0.825. The van der Waals surface area contributed by atoms with Gasteiger partial charge in [0, 0.05) is 22.5 Å². The van der Waals surface area contributed by atoms with Crippen molar-refractivity contribution in [1.29, 1.82) is 0 Å². The number of para-hydroxylation sites is 1. The van der Waals surface area contributed by atoms with Crippen LogP contribution in [0.2, 0.25) is 10.0 Å². The normalized spacial score (nSPS) is 22.2. The minimum absolute atomic E-state index is 0.113. The third kappa shape index (κ3) is 6.60. The van der Waals surface area contributed by atoms with Crippen LogP contribution in [0.3, 0.4) is 0 Å². The SMILES string of the molecule is CC[C@@H](CC1(S(=O)(=O)Nc2ccccc2F)CC1)N1C(=O)[C@@H](CCC=O)O[C@H](c2cccc(Cl)c2)[C@H]1c1ccc(Cl)cc1. The predicted octanol–water partition coefficient (Wildman–Crippen LogP) is 7.26. The van der Waals surface area contributed by atoms with Crippen molar-refractivity contribution in [1.82, 2.24) is 4.90 Å². The number of hydrogen-bond donors (Lipinski definition) is 1. The maximum atomic E-state index is 14.4. The number of rotatable bonds is 12. The Morgan fingerprint density at radius 3 is 2.40 bits per heavy atom. The molecular weight excluding hydrogens is 614 g/mol. The second kappa shape index (κ2) is 12.9. The zero-order valence-electron chi connectivity index (χ0n) is 23.6. The molecule has 1 saturated carbocycles. The highest BCUT2D eigenvalue weighted by molar-refractivity contribution is 7.94. The van der Waals surface area contributed by atoms with Crippen LogP contribution in [0.4, 0.5) is 10.1 Å². The summed E-state index contributed by atoms with van der Waals surface area (Å²) in [6, 6.07) is 18.8. The first-order valence-electron chi connectivity index (χ1n) is 14.3. The fourth-order valence-corrected chi connectivity index (χ4v) is 7.95. The van der Waals surface area contributed by atoms with Gasteiger partial charge in [0.05, 0.1) is 16.5 Å². The van der Waals surface area contributed by atoms with Gasteiger partial charge in [0.15, 0.2) is 0 Å². The Hall–Kier alpha value is -2.98. The van der Waals surface area contributed by atoms with Crippen LogP contribution < -0.4 is 4.72 Å². The number of amides is 1. The molecule has 2 fully saturated rings. The van der Waals surface area contributed by atoms with Crippen LogP contribution in [0.1, 0.15) is 68.7 Å². The van der Waals surface area contributed by atoms with Crippen molar-refractivity contribution >= 4 is 51.1 Å². The van der Waals surface area contributed by atoms with Crippen molar-refractivity contribution in [2.24, 2.45) is 0 Å². The molecule has 0 spiro atoms. The van der Waals surface area contributed by atoms with Crippen molar-refractivity contribution in [2.75, 3.05) is 4.72 Å². The second-order valence-corrected chi connectivity index (χ2v) is 14.1. The molecule has 0 radical (unpaired) electrons. The van der Waals surface area contributed by atoms with E-state index in [1.807, 2.05) is 25.1 Å². The number of sulfonamides is 1. The Morgan fingerprint density at radius 1 is 1.05 bits per heavy atom. The van der Waals surface area contributed by atoms with Gasteiger partial charge in [-0.3, -0.25) is 9.52 Å². The first kappa shape index (κ1) is 31.4. The molecule has 43 heavy (non-hydrogen) atoms. The van der Waals surface area contributed by atoms with E-state index < -0.39 is 44.9 Å². The molecule has 3 aromatic rings. The van der Waals surface area contributed by atoms with Gasteiger partial charge in [-0.2, -0.15) is 0 Å². The largest absolute Gasteiger partial charge is 0.358 e. The minimum Gasteiger partial charge on any atom is -0.358 e. The molecule has 5 rings (SSSR count). The van der Waals surface area contributed by atoms with Gasteiger partial charge in [0.1, 0.15) is 24.3 Å². The van der Waals surface area contributed by atoms with Crippen molar-refractivity contribution in [3.63, 3.8) is 0 Å². The summed E-state index contributed by atoms with van der Waals surface area (Å²) in [7, 11) is -4.01. The van der Waals surface area contributed by atoms with Gasteiger partial charge >= 0.3 is 0 Å². The average Bonchev–Trinajstić information content (AvgIpc) is 3.78. The second-order valence-electron chi connectivity index (χ2n) is 11.1.